The van der Waals surface area contributed by atoms with Gasteiger partial charge in [0.25, 0.3) is 11.8 Å². The van der Waals surface area contributed by atoms with Gasteiger partial charge in [0.2, 0.25) is 5.91 Å². The Morgan fingerprint density at radius 2 is 1.71 bits per heavy atom. The molecule has 1 saturated heterocycles. The van der Waals surface area contributed by atoms with Crippen LogP contribution in [0.2, 0.25) is 0 Å². The van der Waals surface area contributed by atoms with Gasteiger partial charge in [-0.1, -0.05) is 12.1 Å². The second-order valence-electron chi connectivity index (χ2n) is 4.60. The van der Waals surface area contributed by atoms with Crippen molar-refractivity contribution in [3.05, 3.63) is 29.8 Å². The van der Waals surface area contributed by atoms with Crippen molar-refractivity contribution in [2.24, 2.45) is 0 Å². The van der Waals surface area contributed by atoms with Crippen molar-refractivity contribution in [2.45, 2.75) is 26.2 Å². The first kappa shape index (κ1) is 14.7. The fourth-order valence-corrected chi connectivity index (χ4v) is 1.87. The van der Waals surface area contributed by atoms with Crippen LogP contribution in [-0.4, -0.2) is 28.8 Å². The molecule has 1 fully saturated rings. The Hall–Kier alpha value is -2.70. The lowest BCUT2D eigenvalue weighted by Gasteiger charge is -2.12. The van der Waals surface area contributed by atoms with Crippen LogP contribution in [-0.2, 0) is 30.4 Å². The largest absolute Gasteiger partial charge is 0.337 e. The van der Waals surface area contributed by atoms with E-state index < -0.39 is 17.8 Å². The molecule has 0 bridgehead atoms. The van der Waals surface area contributed by atoms with E-state index in [4.69, 9.17) is 4.84 Å². The van der Waals surface area contributed by atoms with Crippen LogP contribution in [0, 0.1) is 0 Å². The third kappa shape index (κ3) is 3.88. The maximum atomic E-state index is 11.7. The predicted octanol–water partition coefficient (Wildman–Crippen LogP) is 0.795. The number of amides is 3. The average molecular weight is 290 g/mol. The van der Waals surface area contributed by atoms with Gasteiger partial charge < -0.3 is 10.2 Å². The highest BCUT2D eigenvalue weighted by molar-refractivity contribution is 6.01. The number of imide groups is 1. The lowest BCUT2D eigenvalue weighted by molar-refractivity contribution is -0.197. The first-order valence-electron chi connectivity index (χ1n) is 6.39. The number of nitrogens with zero attached hydrogens (tertiary/aromatic N) is 1. The van der Waals surface area contributed by atoms with Crippen molar-refractivity contribution in [2.75, 3.05) is 5.32 Å². The maximum absolute atomic E-state index is 11.7. The molecule has 0 radical (unpaired) electrons. The molecule has 1 aliphatic heterocycles. The van der Waals surface area contributed by atoms with Gasteiger partial charge in [-0.3, -0.25) is 14.4 Å². The third-order valence-corrected chi connectivity index (χ3v) is 2.82. The Morgan fingerprint density at radius 3 is 2.24 bits per heavy atom. The molecule has 3 amide bonds. The zero-order valence-corrected chi connectivity index (χ0v) is 11.4. The predicted molar refractivity (Wildman–Crippen MR) is 71.6 cm³/mol. The van der Waals surface area contributed by atoms with Crippen LogP contribution in [0.25, 0.3) is 0 Å². The standard InChI is InChI=1S/C14H14N2O5/c1-9(17)15-11-4-2-10(3-5-11)8-14(20)21-16-12(18)6-7-13(16)19/h2-5H,6-8H2,1H3,(H,15,17). The van der Waals surface area contributed by atoms with Gasteiger partial charge in [0.05, 0.1) is 6.42 Å². The van der Waals surface area contributed by atoms with E-state index in [1.54, 1.807) is 24.3 Å². The van der Waals surface area contributed by atoms with Crippen molar-refractivity contribution in [1.82, 2.24) is 5.06 Å². The van der Waals surface area contributed by atoms with Crippen LogP contribution in [0.3, 0.4) is 0 Å². The van der Waals surface area contributed by atoms with Crippen molar-refractivity contribution < 1.29 is 24.0 Å². The van der Waals surface area contributed by atoms with Gasteiger partial charge in [-0.2, -0.15) is 0 Å². The second-order valence-corrected chi connectivity index (χ2v) is 4.60. The molecule has 110 valence electrons. The van der Waals surface area contributed by atoms with Gasteiger partial charge in [0, 0.05) is 25.5 Å². The van der Waals surface area contributed by atoms with Crippen LogP contribution in [0.15, 0.2) is 24.3 Å². The number of hydrogen-bond donors (Lipinski definition) is 1. The van der Waals surface area contributed by atoms with Gasteiger partial charge in [-0.15, -0.1) is 5.06 Å². The SMILES string of the molecule is CC(=O)Nc1ccc(CC(=O)ON2C(=O)CCC2=O)cc1. The van der Waals surface area contributed by atoms with Crippen molar-refractivity contribution in [3.8, 4) is 0 Å². The molecular formula is C14H14N2O5. The molecule has 21 heavy (non-hydrogen) atoms. The highest BCUT2D eigenvalue weighted by Gasteiger charge is 2.32. The minimum atomic E-state index is -0.689. The number of hydroxylamine groups is 2. The lowest BCUT2D eigenvalue weighted by Crippen LogP contribution is -2.32. The Bertz CT molecular complexity index is 578. The smallest absolute Gasteiger partial charge is 0.330 e. The van der Waals surface area contributed by atoms with E-state index in [2.05, 4.69) is 5.32 Å². The molecule has 1 heterocycles. The minimum Gasteiger partial charge on any atom is -0.330 e. The van der Waals surface area contributed by atoms with Gasteiger partial charge in [-0.05, 0) is 17.7 Å². The molecule has 0 aromatic heterocycles. The molecule has 0 atom stereocenters. The molecule has 0 spiro atoms. The van der Waals surface area contributed by atoms with Crippen LogP contribution < -0.4 is 5.32 Å². The third-order valence-electron chi connectivity index (χ3n) is 2.82. The zero-order chi connectivity index (χ0) is 15.4. The molecule has 1 N–H and O–H groups in total. The van der Waals surface area contributed by atoms with Crippen molar-refractivity contribution in [1.29, 1.82) is 0 Å². The van der Waals surface area contributed by atoms with E-state index in [1.165, 1.54) is 6.92 Å². The molecule has 0 saturated carbocycles. The zero-order valence-electron chi connectivity index (χ0n) is 11.4. The summed E-state index contributed by atoms with van der Waals surface area (Å²) in [6.45, 7) is 1.40. The Kier molecular flexibility index (Phi) is 4.32. The van der Waals surface area contributed by atoms with Gasteiger partial charge >= 0.3 is 5.97 Å². The fraction of sp³-hybridized carbons (Fsp3) is 0.286. The van der Waals surface area contributed by atoms with Crippen LogP contribution in [0.5, 0.6) is 0 Å². The highest BCUT2D eigenvalue weighted by atomic mass is 16.7. The molecule has 2 rings (SSSR count). The Labute approximate surface area is 120 Å². The quantitative estimate of drug-likeness (QED) is 0.828. The van der Waals surface area contributed by atoms with Crippen LogP contribution in [0.4, 0.5) is 5.69 Å². The van der Waals surface area contributed by atoms with E-state index in [-0.39, 0.29) is 25.2 Å². The van der Waals surface area contributed by atoms with Gasteiger partial charge in [-0.25, -0.2) is 4.79 Å². The monoisotopic (exact) mass is 290 g/mol. The van der Waals surface area contributed by atoms with Crippen LogP contribution in [0.1, 0.15) is 25.3 Å². The van der Waals surface area contributed by atoms with Crippen molar-refractivity contribution >= 4 is 29.4 Å². The van der Waals surface area contributed by atoms with Crippen LogP contribution >= 0.6 is 0 Å². The van der Waals surface area contributed by atoms with E-state index in [0.717, 1.165) is 0 Å². The molecule has 7 nitrogen and oxygen atoms in total. The number of anilines is 1. The van der Waals surface area contributed by atoms with E-state index in [0.29, 0.717) is 16.3 Å². The molecular weight excluding hydrogens is 276 g/mol. The molecule has 1 aromatic carbocycles. The summed E-state index contributed by atoms with van der Waals surface area (Å²) in [5.41, 5.74) is 1.26. The summed E-state index contributed by atoms with van der Waals surface area (Å²) in [6, 6.07) is 6.60. The maximum Gasteiger partial charge on any atom is 0.337 e. The molecule has 1 aliphatic rings. The van der Waals surface area contributed by atoms with E-state index in [1.807, 2.05) is 0 Å². The second kappa shape index (κ2) is 6.17. The summed E-state index contributed by atoms with van der Waals surface area (Å²) >= 11 is 0. The Morgan fingerprint density at radius 1 is 1.14 bits per heavy atom. The summed E-state index contributed by atoms with van der Waals surface area (Å²) in [5, 5.41) is 3.12. The lowest BCUT2D eigenvalue weighted by atomic mass is 10.1. The minimum absolute atomic E-state index is 0.0670. The summed E-state index contributed by atoms with van der Waals surface area (Å²) in [6.07, 6.45) is 0.0620. The number of hydrogen-bond acceptors (Lipinski definition) is 5. The van der Waals surface area contributed by atoms with Gasteiger partial charge in [0.1, 0.15) is 0 Å². The highest BCUT2D eigenvalue weighted by Crippen LogP contribution is 2.14. The number of nitrogens with one attached hydrogen (secondary N) is 1. The number of benzene rings is 1. The summed E-state index contributed by atoms with van der Waals surface area (Å²) < 4.78 is 0. The summed E-state index contributed by atoms with van der Waals surface area (Å²) in [7, 11) is 0. The molecule has 1 aromatic rings. The fourth-order valence-electron chi connectivity index (χ4n) is 1.87. The van der Waals surface area contributed by atoms with Crippen molar-refractivity contribution in [3.63, 3.8) is 0 Å². The number of rotatable bonds is 4. The normalized spacial score (nSPS) is 14.2. The number of carbonyl (C=O) groups is 4. The summed E-state index contributed by atoms with van der Waals surface area (Å²) in [4.78, 5) is 49.9. The molecule has 0 unspecified atom stereocenters. The van der Waals surface area contributed by atoms with E-state index >= 15 is 0 Å². The van der Waals surface area contributed by atoms with E-state index in [9.17, 15) is 19.2 Å². The number of carbonyl (C=O) groups excluding carboxylic acids is 4. The molecule has 7 heteroatoms. The molecule has 0 aliphatic carbocycles. The first-order chi connectivity index (χ1) is 9.95. The average Bonchev–Trinajstić information content (AvgIpc) is 2.72. The first-order valence-corrected chi connectivity index (χ1v) is 6.39. The topological polar surface area (TPSA) is 92.8 Å². The summed E-state index contributed by atoms with van der Waals surface area (Å²) in [5.74, 6) is -1.89. The Balaban J connectivity index is 1.92. The van der Waals surface area contributed by atoms with Gasteiger partial charge in [0.15, 0.2) is 0 Å².